The van der Waals surface area contributed by atoms with Crippen LogP contribution in [-0.4, -0.2) is 45.6 Å². The van der Waals surface area contributed by atoms with Crippen molar-refractivity contribution < 1.29 is 4.52 Å². The summed E-state index contributed by atoms with van der Waals surface area (Å²) < 4.78 is 5.35. The third-order valence-corrected chi connectivity index (χ3v) is 3.84. The highest BCUT2D eigenvalue weighted by molar-refractivity contribution is 5.48. The second kappa shape index (κ2) is 6.00. The maximum atomic E-state index is 5.35. The van der Waals surface area contributed by atoms with Crippen LogP contribution >= 0.6 is 0 Å². The number of hydrogen-bond acceptors (Lipinski definition) is 7. The van der Waals surface area contributed by atoms with Crippen LogP contribution in [0.1, 0.15) is 42.7 Å². The van der Waals surface area contributed by atoms with Crippen molar-refractivity contribution in [3.8, 4) is 0 Å². The molecule has 7 nitrogen and oxygen atoms in total. The Balaban J connectivity index is 1.76. The van der Waals surface area contributed by atoms with Crippen molar-refractivity contribution in [2.75, 3.05) is 25.5 Å². The van der Waals surface area contributed by atoms with Crippen molar-refractivity contribution >= 4 is 5.82 Å². The van der Waals surface area contributed by atoms with Crippen LogP contribution in [0.15, 0.2) is 10.9 Å². The first-order valence-corrected chi connectivity index (χ1v) is 7.59. The van der Waals surface area contributed by atoms with E-state index in [4.69, 9.17) is 4.52 Å². The van der Waals surface area contributed by atoms with E-state index in [0.717, 1.165) is 36.8 Å². The van der Waals surface area contributed by atoms with E-state index < -0.39 is 0 Å². The normalized spacial score (nSPS) is 15.1. The van der Waals surface area contributed by atoms with Gasteiger partial charge in [0.25, 0.3) is 0 Å². The lowest BCUT2D eigenvalue weighted by Crippen LogP contribution is -2.32. The summed E-state index contributed by atoms with van der Waals surface area (Å²) in [7, 11) is 4.02. The zero-order chi connectivity index (χ0) is 15.7. The molecule has 1 aliphatic rings. The molecule has 22 heavy (non-hydrogen) atoms. The van der Waals surface area contributed by atoms with Gasteiger partial charge < -0.3 is 9.42 Å². The van der Waals surface area contributed by atoms with E-state index in [0.29, 0.717) is 12.4 Å². The molecule has 1 aliphatic heterocycles. The van der Waals surface area contributed by atoms with Gasteiger partial charge in [0.2, 0.25) is 5.89 Å². The maximum Gasteiger partial charge on any atom is 0.240 e. The van der Waals surface area contributed by atoms with Gasteiger partial charge in [-0.3, -0.25) is 4.90 Å². The molecule has 118 valence electrons. The monoisotopic (exact) mass is 302 g/mol. The van der Waals surface area contributed by atoms with Crippen LogP contribution in [0, 0.1) is 0 Å². The number of rotatable bonds is 4. The molecule has 0 bridgehead atoms. The number of aromatic nitrogens is 4. The lowest BCUT2D eigenvalue weighted by molar-refractivity contribution is 0.208. The van der Waals surface area contributed by atoms with Gasteiger partial charge in [0.1, 0.15) is 12.1 Å². The van der Waals surface area contributed by atoms with Gasteiger partial charge in [0.15, 0.2) is 5.82 Å². The van der Waals surface area contributed by atoms with Gasteiger partial charge in [-0.05, 0) is 0 Å². The molecule has 0 fully saturated rings. The van der Waals surface area contributed by atoms with E-state index in [1.54, 1.807) is 6.33 Å². The average molecular weight is 302 g/mol. The topological polar surface area (TPSA) is 71.2 Å². The lowest BCUT2D eigenvalue weighted by Gasteiger charge is -2.29. The molecular weight excluding hydrogens is 280 g/mol. The molecule has 7 heteroatoms. The molecule has 0 saturated heterocycles. The van der Waals surface area contributed by atoms with Gasteiger partial charge in [-0.2, -0.15) is 4.98 Å². The molecule has 0 atom stereocenters. The molecule has 0 amide bonds. The molecule has 0 radical (unpaired) electrons. The highest BCUT2D eigenvalue weighted by atomic mass is 16.5. The fraction of sp³-hybridized carbons (Fsp3) is 0.600. The number of fused-ring (bicyclic) bond motifs is 1. The summed E-state index contributed by atoms with van der Waals surface area (Å²) in [6.45, 7) is 6.54. The minimum absolute atomic E-state index is 0.285. The van der Waals surface area contributed by atoms with Crippen molar-refractivity contribution in [3.05, 3.63) is 29.3 Å². The molecule has 0 N–H and O–H groups in total. The summed E-state index contributed by atoms with van der Waals surface area (Å²) in [6.07, 6.45) is 2.57. The highest BCUT2D eigenvalue weighted by Crippen LogP contribution is 2.25. The van der Waals surface area contributed by atoms with Crippen LogP contribution in [0.3, 0.4) is 0 Å². The highest BCUT2D eigenvalue weighted by Gasteiger charge is 2.23. The molecule has 3 rings (SSSR count). The quantitative estimate of drug-likeness (QED) is 0.849. The van der Waals surface area contributed by atoms with E-state index >= 15 is 0 Å². The van der Waals surface area contributed by atoms with Crippen molar-refractivity contribution in [1.29, 1.82) is 0 Å². The van der Waals surface area contributed by atoms with Crippen molar-refractivity contribution in [2.45, 2.75) is 39.3 Å². The predicted molar refractivity (Wildman–Crippen MR) is 82.6 cm³/mol. The second-order valence-corrected chi connectivity index (χ2v) is 6.18. The van der Waals surface area contributed by atoms with Gasteiger partial charge in [0, 0.05) is 45.1 Å². The summed E-state index contributed by atoms with van der Waals surface area (Å²) in [5, 5.41) is 4.03. The fourth-order valence-corrected chi connectivity index (χ4v) is 2.66. The lowest BCUT2D eigenvalue weighted by atomic mass is 10.1. The number of hydrogen-bond donors (Lipinski definition) is 0. The zero-order valence-corrected chi connectivity index (χ0v) is 13.6. The summed E-state index contributed by atoms with van der Waals surface area (Å²) in [6, 6.07) is 0. The van der Waals surface area contributed by atoms with Crippen LogP contribution < -0.4 is 4.90 Å². The first kappa shape index (κ1) is 14.9. The molecule has 0 spiro atoms. The number of anilines is 1. The van der Waals surface area contributed by atoms with Crippen LogP contribution in [0.4, 0.5) is 5.82 Å². The molecule has 3 heterocycles. The molecule has 2 aromatic heterocycles. The van der Waals surface area contributed by atoms with Gasteiger partial charge >= 0.3 is 0 Å². The van der Waals surface area contributed by atoms with Crippen LogP contribution in [0.5, 0.6) is 0 Å². The van der Waals surface area contributed by atoms with Gasteiger partial charge in [-0.1, -0.05) is 19.0 Å². The zero-order valence-electron chi connectivity index (χ0n) is 13.6. The molecule has 0 aliphatic carbocycles. The fourth-order valence-electron chi connectivity index (χ4n) is 2.66. The third kappa shape index (κ3) is 2.94. The molecule has 0 aromatic carbocycles. The molecular formula is C15H22N6O. The predicted octanol–water partition coefficient (Wildman–Crippen LogP) is 1.61. The van der Waals surface area contributed by atoms with Crippen molar-refractivity contribution in [1.82, 2.24) is 25.0 Å². The second-order valence-electron chi connectivity index (χ2n) is 6.18. The SMILES string of the molecule is CC(C)c1noc(CN2CCc3ncnc(N(C)C)c3C2)n1. The molecule has 2 aromatic rings. The third-order valence-electron chi connectivity index (χ3n) is 3.84. The Labute approximate surface area is 130 Å². The Morgan fingerprint density at radius 2 is 2.14 bits per heavy atom. The first-order valence-electron chi connectivity index (χ1n) is 7.59. The molecule has 0 saturated carbocycles. The summed E-state index contributed by atoms with van der Waals surface area (Å²) in [5.74, 6) is 2.72. The Hall–Kier alpha value is -2.02. The summed E-state index contributed by atoms with van der Waals surface area (Å²) >= 11 is 0. The standard InChI is InChI=1S/C15H22N6O/c1-10(2)14-18-13(22-19-14)8-21-6-5-12-11(7-21)15(20(3)4)17-9-16-12/h9-10H,5-8H2,1-4H3. The largest absolute Gasteiger partial charge is 0.362 e. The number of nitrogens with zero attached hydrogens (tertiary/aromatic N) is 6. The minimum atomic E-state index is 0.285. The van der Waals surface area contributed by atoms with Crippen LogP contribution in [-0.2, 0) is 19.5 Å². The molecule has 0 unspecified atom stereocenters. The Bertz CT molecular complexity index is 651. The maximum absolute atomic E-state index is 5.35. The van der Waals surface area contributed by atoms with Gasteiger partial charge in [0.05, 0.1) is 12.2 Å². The Morgan fingerprint density at radius 3 is 2.82 bits per heavy atom. The van der Waals surface area contributed by atoms with E-state index in [2.05, 4.69) is 38.9 Å². The summed E-state index contributed by atoms with van der Waals surface area (Å²) in [5.41, 5.74) is 2.34. The van der Waals surface area contributed by atoms with Gasteiger partial charge in [-0.15, -0.1) is 0 Å². The van der Waals surface area contributed by atoms with Crippen molar-refractivity contribution in [3.63, 3.8) is 0 Å². The van der Waals surface area contributed by atoms with E-state index in [1.807, 2.05) is 19.0 Å². The average Bonchev–Trinajstić information content (AvgIpc) is 2.95. The summed E-state index contributed by atoms with van der Waals surface area (Å²) in [4.78, 5) is 17.6. The Kier molecular flexibility index (Phi) is 4.06. The minimum Gasteiger partial charge on any atom is -0.362 e. The van der Waals surface area contributed by atoms with Gasteiger partial charge in [-0.25, -0.2) is 9.97 Å². The van der Waals surface area contributed by atoms with Crippen LogP contribution in [0.2, 0.25) is 0 Å². The van der Waals surface area contributed by atoms with E-state index in [1.165, 1.54) is 5.56 Å². The van der Waals surface area contributed by atoms with Crippen LogP contribution in [0.25, 0.3) is 0 Å². The smallest absolute Gasteiger partial charge is 0.240 e. The van der Waals surface area contributed by atoms with E-state index in [9.17, 15) is 0 Å². The Morgan fingerprint density at radius 1 is 1.32 bits per heavy atom. The first-order chi connectivity index (χ1) is 10.5. The van der Waals surface area contributed by atoms with Crippen molar-refractivity contribution in [2.24, 2.45) is 0 Å². The van der Waals surface area contributed by atoms with E-state index in [-0.39, 0.29) is 5.92 Å².